The third-order valence-electron chi connectivity index (χ3n) is 7.36. The molecule has 0 bridgehead atoms. The Hall–Kier alpha value is -3.49. The molecule has 0 amide bonds. The minimum Gasteiger partial charge on any atom is -0.490 e. The van der Waals surface area contributed by atoms with Crippen molar-refractivity contribution in [2.75, 3.05) is 26.4 Å². The van der Waals surface area contributed by atoms with Crippen molar-refractivity contribution in [3.63, 3.8) is 0 Å². The monoisotopic (exact) mass is 693 g/mol. The minimum absolute atomic E-state index is 0.00451. The molecule has 3 unspecified atom stereocenters. The first-order valence-electron chi connectivity index (χ1n) is 14.7. The Morgan fingerprint density at radius 1 is 0.915 bits per heavy atom. The van der Waals surface area contributed by atoms with Gasteiger partial charge in [-0.15, -0.1) is 0 Å². The van der Waals surface area contributed by atoms with Gasteiger partial charge in [0.2, 0.25) is 0 Å². The van der Waals surface area contributed by atoms with E-state index in [-0.39, 0.29) is 24.6 Å². The average Bonchev–Trinajstić information content (AvgIpc) is 3.02. The summed E-state index contributed by atoms with van der Waals surface area (Å²) in [6.07, 6.45) is -2.14. The fourth-order valence-electron chi connectivity index (χ4n) is 4.49. The molecule has 47 heavy (non-hydrogen) atoms. The second kappa shape index (κ2) is 14.3. The van der Waals surface area contributed by atoms with Crippen LogP contribution < -0.4 is 9.47 Å². The van der Waals surface area contributed by atoms with E-state index >= 15 is 0 Å². The van der Waals surface area contributed by atoms with Crippen LogP contribution in [-0.4, -0.2) is 62.3 Å². The lowest BCUT2D eigenvalue weighted by Gasteiger charge is -2.41. The van der Waals surface area contributed by atoms with E-state index in [2.05, 4.69) is 6.58 Å². The van der Waals surface area contributed by atoms with Gasteiger partial charge in [0.1, 0.15) is 30.3 Å². The lowest BCUT2D eigenvalue weighted by molar-refractivity contribution is -0.221. The topological polar surface area (TPSA) is 118 Å². The second-order valence-electron chi connectivity index (χ2n) is 11.9. The van der Waals surface area contributed by atoms with Crippen LogP contribution in [0.3, 0.4) is 0 Å². The lowest BCUT2D eigenvalue weighted by atomic mass is 9.94. The molecule has 1 aliphatic rings. The van der Waals surface area contributed by atoms with Gasteiger partial charge in [0.05, 0.1) is 29.7 Å². The smallest absolute Gasteiger partial charge is 0.405 e. The van der Waals surface area contributed by atoms with Crippen molar-refractivity contribution in [1.82, 2.24) is 0 Å². The number of ether oxygens (including phenoxy) is 5. The summed E-state index contributed by atoms with van der Waals surface area (Å²) < 4.78 is 87.6. The number of alkyl halides is 2. The number of halogens is 2. The Labute approximate surface area is 276 Å². The van der Waals surface area contributed by atoms with Crippen LogP contribution in [0.15, 0.2) is 99.6 Å². The summed E-state index contributed by atoms with van der Waals surface area (Å²) in [5, 5.41) is -4.49. The fraction of sp³-hybridized carbons (Fsp3) is 0.382. The summed E-state index contributed by atoms with van der Waals surface area (Å²) in [6, 6.07) is 21.8. The maximum atomic E-state index is 14.1. The van der Waals surface area contributed by atoms with Gasteiger partial charge >= 0.3 is 21.3 Å². The van der Waals surface area contributed by atoms with Crippen LogP contribution in [0, 0.1) is 0 Å². The zero-order valence-electron chi connectivity index (χ0n) is 26.8. The van der Waals surface area contributed by atoms with Gasteiger partial charge in [-0.05, 0) is 101 Å². The third-order valence-corrected chi connectivity index (χ3v) is 10.6. The molecule has 13 heteroatoms. The molecule has 254 valence electrons. The molecule has 1 heterocycles. The van der Waals surface area contributed by atoms with E-state index < -0.39 is 43.9 Å². The molecule has 1 fully saturated rings. The highest BCUT2D eigenvalue weighted by Gasteiger charge is 2.51. The summed E-state index contributed by atoms with van der Waals surface area (Å²) in [5.74, 6) is 0.0871. The first kappa shape index (κ1) is 36.3. The van der Waals surface area contributed by atoms with E-state index in [9.17, 15) is 22.0 Å². The van der Waals surface area contributed by atoms with Crippen LogP contribution in [0.1, 0.15) is 40.2 Å². The van der Waals surface area contributed by atoms with Crippen molar-refractivity contribution in [2.45, 2.75) is 71.9 Å². The number of hydrogen-bond donors (Lipinski definition) is 1. The summed E-state index contributed by atoms with van der Waals surface area (Å²) in [5.41, 5.74) is 0.267. The molecule has 9 nitrogen and oxygen atoms in total. The van der Waals surface area contributed by atoms with Gasteiger partial charge in [-0.1, -0.05) is 18.7 Å². The molecule has 0 aliphatic carbocycles. The van der Waals surface area contributed by atoms with Gasteiger partial charge in [-0.2, -0.15) is 17.2 Å². The van der Waals surface area contributed by atoms with Gasteiger partial charge in [0, 0.05) is 5.57 Å². The predicted octanol–water partition coefficient (Wildman–Crippen LogP) is 6.57. The van der Waals surface area contributed by atoms with E-state index in [1.165, 1.54) is 12.1 Å². The van der Waals surface area contributed by atoms with E-state index in [1.54, 1.807) is 31.2 Å². The van der Waals surface area contributed by atoms with Crippen molar-refractivity contribution in [1.29, 1.82) is 0 Å². The molecule has 3 atom stereocenters. The predicted molar refractivity (Wildman–Crippen MR) is 173 cm³/mol. The lowest BCUT2D eigenvalue weighted by Crippen LogP contribution is -2.47. The van der Waals surface area contributed by atoms with Gasteiger partial charge in [0.15, 0.2) is 20.8 Å². The van der Waals surface area contributed by atoms with Crippen LogP contribution in [0.4, 0.5) is 8.78 Å². The number of carbonyl (C=O) groups excluding carboxylic acids is 1. The van der Waals surface area contributed by atoms with Crippen LogP contribution in [0.25, 0.3) is 0 Å². The minimum atomic E-state index is -5.67. The number of hydrogen-bond acceptors (Lipinski definition) is 8. The first-order chi connectivity index (χ1) is 21.9. The molecule has 3 aromatic rings. The zero-order valence-corrected chi connectivity index (χ0v) is 28.5. The van der Waals surface area contributed by atoms with E-state index in [0.717, 1.165) is 27.2 Å². The van der Waals surface area contributed by atoms with E-state index in [1.807, 2.05) is 57.2 Å². The molecule has 4 rings (SSSR count). The highest BCUT2D eigenvalue weighted by Crippen LogP contribution is 2.37. The van der Waals surface area contributed by atoms with Gasteiger partial charge in [-0.25, -0.2) is 4.79 Å². The molecule has 0 radical (unpaired) electrons. The van der Waals surface area contributed by atoms with Gasteiger partial charge in [0.25, 0.3) is 0 Å². The Morgan fingerprint density at radius 2 is 1.43 bits per heavy atom. The van der Waals surface area contributed by atoms with Crippen molar-refractivity contribution in [3.8, 4) is 11.5 Å². The van der Waals surface area contributed by atoms with Crippen LogP contribution in [0.2, 0.25) is 0 Å². The Balaban J connectivity index is 1.59. The normalized spacial score (nSPS) is 19.3. The van der Waals surface area contributed by atoms with E-state index in [0.29, 0.717) is 24.5 Å². The molecular formula is C34H39F2O9S2+. The molecule has 0 aromatic heterocycles. The first-order valence-corrected chi connectivity index (χ1v) is 17.4. The molecule has 3 aromatic carbocycles. The van der Waals surface area contributed by atoms with Crippen molar-refractivity contribution in [2.24, 2.45) is 0 Å². The Morgan fingerprint density at radius 3 is 1.89 bits per heavy atom. The highest BCUT2D eigenvalue weighted by atomic mass is 32.2. The molecule has 1 N–H and O–H groups in total. The van der Waals surface area contributed by atoms with Crippen molar-refractivity contribution in [3.05, 3.63) is 90.5 Å². The number of carbonyl (C=O) groups is 1. The van der Waals surface area contributed by atoms with E-state index in [4.69, 9.17) is 28.2 Å². The number of esters is 1. The highest BCUT2D eigenvalue weighted by molar-refractivity contribution is 7.97. The van der Waals surface area contributed by atoms with Crippen LogP contribution >= 0.6 is 0 Å². The summed E-state index contributed by atoms with van der Waals surface area (Å²) in [7, 11) is -6.34. The quantitative estimate of drug-likeness (QED) is 0.0698. The van der Waals surface area contributed by atoms with Crippen LogP contribution in [-0.2, 0) is 45.6 Å². The third kappa shape index (κ3) is 8.90. The standard InChI is InChI=1S/C34H38F2O9S2/c1-23(2)31(37)42-20-19-41-26-9-15-29(16-10-26)46(28-13-7-25(8-14-28)33(6)22-43-32(4,5)21-44-33)30-17-11-27(12-18-30)45-24(3)34(35,36)47(38,39)40/h7-18,24H,1,19-22H2,2-6H3/p+1. The van der Waals surface area contributed by atoms with Crippen molar-refractivity contribution < 1.29 is 50.2 Å². The average molecular weight is 694 g/mol. The van der Waals surface area contributed by atoms with Gasteiger partial charge in [-0.3, -0.25) is 4.55 Å². The van der Waals surface area contributed by atoms with Gasteiger partial charge < -0.3 is 23.7 Å². The molecule has 1 saturated heterocycles. The summed E-state index contributed by atoms with van der Waals surface area (Å²) >= 11 is 0. The largest absolute Gasteiger partial charge is 0.490 e. The zero-order chi connectivity index (χ0) is 34.6. The molecule has 0 spiro atoms. The summed E-state index contributed by atoms with van der Waals surface area (Å²) in [6.45, 7) is 13.0. The maximum absolute atomic E-state index is 14.1. The number of rotatable bonds is 13. The van der Waals surface area contributed by atoms with Crippen molar-refractivity contribution >= 4 is 27.0 Å². The Kier molecular flexibility index (Phi) is 11.1. The fourth-order valence-corrected chi connectivity index (χ4v) is 7.00. The van der Waals surface area contributed by atoms with Crippen LogP contribution in [0.5, 0.6) is 11.5 Å². The number of benzene rings is 3. The second-order valence-corrected chi connectivity index (χ2v) is 15.4. The molecule has 0 saturated carbocycles. The summed E-state index contributed by atoms with van der Waals surface area (Å²) in [4.78, 5) is 14.3. The molecule has 1 aliphatic heterocycles. The molecular weight excluding hydrogens is 654 g/mol. The maximum Gasteiger partial charge on any atom is 0.405 e. The Bertz CT molecular complexity index is 1650. The SMILES string of the molecule is C=C(C)C(=O)OCCOc1ccc([S+](c2ccc(OC(C)C(F)(F)S(=O)(=O)O)cc2)c2ccc(C3(C)COC(C)(C)CO3)cc2)cc1.